The summed E-state index contributed by atoms with van der Waals surface area (Å²) in [6.07, 6.45) is 8.11. The lowest BCUT2D eigenvalue weighted by molar-refractivity contribution is -0.143. The number of nitrogens with two attached hydrogens (primary N) is 2. The van der Waals surface area contributed by atoms with Crippen LogP contribution in [0.4, 0.5) is 0 Å². The lowest BCUT2D eigenvalue weighted by atomic mass is 9.72. The second-order valence-corrected chi connectivity index (χ2v) is 8.78. The van der Waals surface area contributed by atoms with Gasteiger partial charge in [0, 0.05) is 19.0 Å². The molecule has 5 unspecified atom stereocenters. The molecule has 6 heteroatoms. The Morgan fingerprint density at radius 2 is 1.69 bits per heavy atom. The molecular weight excluding hydrogens is 330 g/mol. The van der Waals surface area contributed by atoms with E-state index in [4.69, 9.17) is 11.5 Å². The molecule has 0 aromatic heterocycles. The van der Waals surface area contributed by atoms with Crippen LogP contribution in [0.2, 0.25) is 0 Å². The Labute approximate surface area is 156 Å². The summed E-state index contributed by atoms with van der Waals surface area (Å²) in [5.74, 6) is 1.25. The first-order valence-electron chi connectivity index (χ1n) is 10.5. The van der Waals surface area contributed by atoms with E-state index >= 15 is 0 Å². The zero-order valence-electron chi connectivity index (χ0n) is 15.8. The fourth-order valence-electron chi connectivity index (χ4n) is 5.53. The molecule has 0 radical (unpaired) electrons. The van der Waals surface area contributed by atoms with E-state index < -0.39 is 17.9 Å². The van der Waals surface area contributed by atoms with Crippen molar-refractivity contribution in [2.45, 2.75) is 63.9 Å². The Morgan fingerprint density at radius 3 is 2.31 bits per heavy atom. The highest BCUT2D eigenvalue weighted by Crippen LogP contribution is 2.38. The molecule has 2 amide bonds. The van der Waals surface area contributed by atoms with Crippen LogP contribution in [0, 0.1) is 29.6 Å². The molecule has 6 nitrogen and oxygen atoms in total. The molecule has 5 atom stereocenters. The van der Waals surface area contributed by atoms with Crippen LogP contribution >= 0.6 is 0 Å². The first-order valence-corrected chi connectivity index (χ1v) is 10.5. The fourth-order valence-corrected chi connectivity index (χ4v) is 5.53. The quantitative estimate of drug-likeness (QED) is 0.696. The topological polar surface area (TPSA) is 110 Å². The number of nitrogens with zero attached hydrogens (tertiary/aromatic N) is 1. The number of rotatable bonds is 4. The number of aliphatic hydroxyl groups excluding tert-OH is 1. The molecule has 5 N–H and O–H groups in total. The van der Waals surface area contributed by atoms with Gasteiger partial charge in [0.25, 0.3) is 0 Å². The van der Waals surface area contributed by atoms with E-state index in [1.54, 1.807) is 0 Å². The number of primary amides is 1. The van der Waals surface area contributed by atoms with Crippen LogP contribution in [-0.4, -0.2) is 47.6 Å². The fraction of sp³-hybridized carbons (Fsp3) is 0.900. The van der Waals surface area contributed by atoms with Gasteiger partial charge in [-0.3, -0.25) is 9.59 Å². The molecule has 1 aliphatic heterocycles. The van der Waals surface area contributed by atoms with Crippen molar-refractivity contribution in [2.24, 2.45) is 41.1 Å². The molecule has 3 rings (SSSR count). The van der Waals surface area contributed by atoms with Gasteiger partial charge in [-0.15, -0.1) is 0 Å². The summed E-state index contributed by atoms with van der Waals surface area (Å²) in [5, 5.41) is 10.1. The van der Waals surface area contributed by atoms with Crippen LogP contribution in [0.15, 0.2) is 0 Å². The highest BCUT2D eigenvalue weighted by Gasteiger charge is 2.38. The molecule has 1 heterocycles. The summed E-state index contributed by atoms with van der Waals surface area (Å²) in [7, 11) is 0. The molecule has 148 valence electrons. The molecule has 3 fully saturated rings. The second kappa shape index (κ2) is 8.70. The monoisotopic (exact) mass is 365 g/mol. The summed E-state index contributed by atoms with van der Waals surface area (Å²) < 4.78 is 0. The minimum Gasteiger partial charge on any atom is -0.392 e. The van der Waals surface area contributed by atoms with E-state index in [2.05, 4.69) is 0 Å². The number of hydrogen-bond acceptors (Lipinski definition) is 4. The van der Waals surface area contributed by atoms with Crippen molar-refractivity contribution in [3.63, 3.8) is 0 Å². The zero-order valence-corrected chi connectivity index (χ0v) is 15.8. The Morgan fingerprint density at radius 1 is 0.962 bits per heavy atom. The maximum Gasteiger partial charge on any atom is 0.225 e. The summed E-state index contributed by atoms with van der Waals surface area (Å²) >= 11 is 0. The van der Waals surface area contributed by atoms with Crippen LogP contribution in [0.3, 0.4) is 0 Å². The molecule has 0 aromatic rings. The predicted molar refractivity (Wildman–Crippen MR) is 99.8 cm³/mol. The van der Waals surface area contributed by atoms with Gasteiger partial charge >= 0.3 is 0 Å². The standard InChI is InChI=1S/C20H35N3O3/c21-12-13-2-1-3-15(10-13)14-6-8-23(9-7-14)20(26)16-4-5-17(19(22)25)18(24)11-16/h13-18,24H,1-12,21H2,(H2,22,25). The minimum absolute atomic E-state index is 0.159. The van der Waals surface area contributed by atoms with E-state index in [1.165, 1.54) is 25.7 Å². The van der Waals surface area contributed by atoms with Crippen LogP contribution in [-0.2, 0) is 9.59 Å². The van der Waals surface area contributed by atoms with Crippen LogP contribution in [0.5, 0.6) is 0 Å². The highest BCUT2D eigenvalue weighted by molar-refractivity contribution is 5.81. The SMILES string of the molecule is NCC1CCCC(C2CCN(C(=O)C3CCC(C(N)=O)C(O)C3)CC2)C1. The molecule has 1 saturated heterocycles. The Bertz CT molecular complexity index is 505. The van der Waals surface area contributed by atoms with Gasteiger partial charge in [0.15, 0.2) is 0 Å². The Hall–Kier alpha value is -1.14. The third-order valence-electron chi connectivity index (χ3n) is 7.21. The molecule has 2 saturated carbocycles. The third kappa shape index (κ3) is 4.39. The van der Waals surface area contributed by atoms with Gasteiger partial charge in [-0.05, 0) is 69.2 Å². The average molecular weight is 366 g/mol. The van der Waals surface area contributed by atoms with Gasteiger partial charge in [0.05, 0.1) is 12.0 Å². The van der Waals surface area contributed by atoms with Crippen molar-refractivity contribution >= 4 is 11.8 Å². The van der Waals surface area contributed by atoms with Crippen molar-refractivity contribution in [3.8, 4) is 0 Å². The van der Waals surface area contributed by atoms with Gasteiger partial charge in [-0.1, -0.05) is 12.8 Å². The molecule has 0 aromatic carbocycles. The number of aliphatic hydroxyl groups is 1. The minimum atomic E-state index is -0.775. The van der Waals surface area contributed by atoms with E-state index in [9.17, 15) is 14.7 Å². The lowest BCUT2D eigenvalue weighted by Gasteiger charge is -2.41. The summed E-state index contributed by atoms with van der Waals surface area (Å²) in [5.41, 5.74) is 11.2. The second-order valence-electron chi connectivity index (χ2n) is 8.78. The molecular formula is C20H35N3O3. The number of carbonyl (C=O) groups is 2. The van der Waals surface area contributed by atoms with E-state index in [-0.39, 0.29) is 11.8 Å². The van der Waals surface area contributed by atoms with E-state index in [0.717, 1.165) is 44.3 Å². The number of amides is 2. The number of hydrogen-bond donors (Lipinski definition) is 3. The number of carbonyl (C=O) groups excluding carboxylic acids is 2. The molecule has 0 bridgehead atoms. The summed E-state index contributed by atoms with van der Waals surface area (Å²) in [6.45, 7) is 2.47. The van der Waals surface area contributed by atoms with Crippen molar-refractivity contribution in [3.05, 3.63) is 0 Å². The summed E-state index contributed by atoms with van der Waals surface area (Å²) in [4.78, 5) is 26.2. The van der Waals surface area contributed by atoms with Gasteiger partial charge in [0.2, 0.25) is 11.8 Å². The molecule has 0 spiro atoms. The molecule has 3 aliphatic rings. The van der Waals surface area contributed by atoms with E-state index in [1.807, 2.05) is 4.90 Å². The maximum absolute atomic E-state index is 12.8. The largest absolute Gasteiger partial charge is 0.392 e. The predicted octanol–water partition coefficient (Wildman–Crippen LogP) is 1.25. The smallest absolute Gasteiger partial charge is 0.225 e. The van der Waals surface area contributed by atoms with Gasteiger partial charge < -0.3 is 21.5 Å². The third-order valence-corrected chi connectivity index (χ3v) is 7.21. The van der Waals surface area contributed by atoms with Crippen LogP contribution < -0.4 is 11.5 Å². The highest BCUT2D eigenvalue weighted by atomic mass is 16.3. The number of likely N-dealkylation sites (tertiary alicyclic amines) is 1. The normalized spacial score (nSPS) is 36.7. The maximum atomic E-state index is 12.8. The first-order chi connectivity index (χ1) is 12.5. The Balaban J connectivity index is 1.47. The summed E-state index contributed by atoms with van der Waals surface area (Å²) in [6, 6.07) is 0. The van der Waals surface area contributed by atoms with Gasteiger partial charge in [-0.25, -0.2) is 0 Å². The van der Waals surface area contributed by atoms with Crippen LogP contribution in [0.1, 0.15) is 57.8 Å². The Kier molecular flexibility index (Phi) is 6.56. The average Bonchev–Trinajstić information content (AvgIpc) is 2.67. The van der Waals surface area contributed by atoms with Crippen molar-refractivity contribution in [1.82, 2.24) is 4.90 Å². The van der Waals surface area contributed by atoms with Crippen LogP contribution in [0.25, 0.3) is 0 Å². The number of piperidine rings is 1. The van der Waals surface area contributed by atoms with Crippen molar-refractivity contribution < 1.29 is 14.7 Å². The van der Waals surface area contributed by atoms with Crippen molar-refractivity contribution in [2.75, 3.05) is 19.6 Å². The lowest BCUT2D eigenvalue weighted by Crippen LogP contribution is -2.47. The zero-order chi connectivity index (χ0) is 18.7. The van der Waals surface area contributed by atoms with Gasteiger partial charge in [-0.2, -0.15) is 0 Å². The first kappa shape index (κ1) is 19.6. The van der Waals surface area contributed by atoms with Gasteiger partial charge in [0.1, 0.15) is 0 Å². The molecule has 26 heavy (non-hydrogen) atoms. The van der Waals surface area contributed by atoms with Crippen molar-refractivity contribution in [1.29, 1.82) is 0 Å². The van der Waals surface area contributed by atoms with E-state index in [0.29, 0.717) is 25.2 Å². The molecule has 2 aliphatic carbocycles.